The summed E-state index contributed by atoms with van der Waals surface area (Å²) >= 11 is 0. The van der Waals surface area contributed by atoms with Crippen molar-refractivity contribution in [1.29, 1.82) is 15.8 Å². The lowest BCUT2D eigenvalue weighted by molar-refractivity contribution is 1.16. The molecule has 3 heterocycles. The van der Waals surface area contributed by atoms with Crippen LogP contribution in [-0.2, 0) is 0 Å². The van der Waals surface area contributed by atoms with Gasteiger partial charge in [0.25, 0.3) is 0 Å². The van der Waals surface area contributed by atoms with E-state index >= 15 is 0 Å². The lowest BCUT2D eigenvalue weighted by atomic mass is 10.0. The van der Waals surface area contributed by atoms with Gasteiger partial charge >= 0.3 is 0 Å². The molecule has 0 amide bonds. The minimum absolute atomic E-state index is 0.556. The number of hydrogen-bond donors (Lipinski definition) is 0. The number of hydrogen-bond acceptors (Lipinski definition) is 3. The molecule has 262 valence electrons. The van der Waals surface area contributed by atoms with Crippen LogP contribution in [0.2, 0.25) is 0 Å². The Morgan fingerprint density at radius 2 is 0.702 bits per heavy atom. The van der Waals surface area contributed by atoms with E-state index in [0.29, 0.717) is 16.7 Å². The molecule has 8 aromatic carbocycles. The second kappa shape index (κ2) is 12.3. The molecule has 0 N–H and O–H groups in total. The number of para-hydroxylation sites is 3. The summed E-state index contributed by atoms with van der Waals surface area (Å²) in [5, 5.41) is 36.3. The highest BCUT2D eigenvalue weighted by atomic mass is 15.0. The summed E-state index contributed by atoms with van der Waals surface area (Å²) in [5.74, 6) is 0. The Morgan fingerprint density at radius 1 is 0.281 bits per heavy atom. The molecule has 0 saturated heterocycles. The Hall–Kier alpha value is -8.37. The zero-order valence-corrected chi connectivity index (χ0v) is 30.3. The highest BCUT2D eigenvalue weighted by Gasteiger charge is 2.18. The molecule has 57 heavy (non-hydrogen) atoms. The summed E-state index contributed by atoms with van der Waals surface area (Å²) in [6.07, 6.45) is 0. The number of nitriles is 3. The van der Waals surface area contributed by atoms with E-state index in [1.807, 2.05) is 60.7 Å². The lowest BCUT2D eigenvalue weighted by Crippen LogP contribution is -1.97. The van der Waals surface area contributed by atoms with E-state index in [-0.39, 0.29) is 0 Å². The van der Waals surface area contributed by atoms with Crippen molar-refractivity contribution in [1.82, 2.24) is 13.7 Å². The second-order valence-corrected chi connectivity index (χ2v) is 14.4. The normalized spacial score (nSPS) is 11.5. The van der Waals surface area contributed by atoms with Gasteiger partial charge in [-0.2, -0.15) is 15.8 Å². The molecule has 0 aliphatic heterocycles. The van der Waals surface area contributed by atoms with Crippen LogP contribution in [0.3, 0.4) is 0 Å². The predicted molar refractivity (Wildman–Crippen MR) is 229 cm³/mol. The summed E-state index contributed by atoms with van der Waals surface area (Å²) in [7, 11) is 0. The molecule has 6 nitrogen and oxygen atoms in total. The first-order chi connectivity index (χ1) is 28.1. The quantitative estimate of drug-likeness (QED) is 0.181. The first kappa shape index (κ1) is 32.1. The third kappa shape index (κ3) is 4.81. The third-order valence-corrected chi connectivity index (χ3v) is 11.3. The van der Waals surface area contributed by atoms with Crippen LogP contribution < -0.4 is 0 Å². The fraction of sp³-hybridized carbons (Fsp3) is 0. The summed E-state index contributed by atoms with van der Waals surface area (Å²) in [6.45, 7) is 0. The average molecular weight is 725 g/mol. The van der Waals surface area contributed by atoms with E-state index in [1.54, 1.807) is 0 Å². The van der Waals surface area contributed by atoms with Crippen LogP contribution in [0.25, 0.3) is 93.6 Å². The van der Waals surface area contributed by atoms with Gasteiger partial charge in [-0.15, -0.1) is 0 Å². The van der Waals surface area contributed by atoms with Gasteiger partial charge in [0.1, 0.15) is 0 Å². The van der Waals surface area contributed by atoms with Gasteiger partial charge in [-0.05, 0) is 114 Å². The molecule has 0 unspecified atom stereocenters. The molecule has 0 spiro atoms. The standard InChI is InChI=1S/C51H28N6/c52-29-32-13-20-49-43(25-32)42-9-3-6-12-48(42)57(49)39-24-34(31-54)23-36(27-39)35-15-17-37(18-16-35)55-50-21-14-33(30-53)26-44(50)45-28-38(19-22-51(45)55)56-46-10-4-1-7-40(46)41-8-2-5-11-47(41)56/h1-28H. The van der Waals surface area contributed by atoms with Crippen molar-refractivity contribution in [2.75, 3.05) is 0 Å². The number of rotatable bonds is 4. The van der Waals surface area contributed by atoms with Crippen LogP contribution >= 0.6 is 0 Å². The van der Waals surface area contributed by atoms with Crippen LogP contribution in [0.5, 0.6) is 0 Å². The number of aromatic nitrogens is 3. The number of fused-ring (bicyclic) bond motifs is 9. The fourth-order valence-corrected chi connectivity index (χ4v) is 8.79. The van der Waals surface area contributed by atoms with E-state index in [9.17, 15) is 15.8 Å². The lowest BCUT2D eigenvalue weighted by Gasteiger charge is -2.13. The highest BCUT2D eigenvalue weighted by Crippen LogP contribution is 2.39. The Bertz CT molecular complexity index is 3560. The van der Waals surface area contributed by atoms with Gasteiger partial charge in [0.2, 0.25) is 0 Å². The molecule has 6 heteroatoms. The molecule has 0 saturated carbocycles. The van der Waals surface area contributed by atoms with E-state index in [2.05, 4.69) is 141 Å². The van der Waals surface area contributed by atoms with Crippen molar-refractivity contribution in [3.63, 3.8) is 0 Å². The molecule has 0 aliphatic rings. The Labute approximate surface area is 326 Å². The summed E-state index contributed by atoms with van der Waals surface area (Å²) in [6, 6.07) is 64.9. The first-order valence-corrected chi connectivity index (χ1v) is 18.7. The van der Waals surface area contributed by atoms with E-state index in [0.717, 1.165) is 82.8 Å². The maximum atomic E-state index is 10.2. The Kier molecular flexibility index (Phi) is 6.95. The van der Waals surface area contributed by atoms with Crippen LogP contribution in [0.15, 0.2) is 170 Å². The second-order valence-electron chi connectivity index (χ2n) is 14.4. The van der Waals surface area contributed by atoms with Crippen molar-refractivity contribution < 1.29 is 0 Å². The molecule has 0 radical (unpaired) electrons. The van der Waals surface area contributed by atoms with E-state index in [4.69, 9.17) is 0 Å². The van der Waals surface area contributed by atoms with Crippen molar-refractivity contribution >= 4 is 65.4 Å². The molecule has 0 fully saturated rings. The summed E-state index contributed by atoms with van der Waals surface area (Å²) in [5.41, 5.74) is 12.9. The monoisotopic (exact) mass is 724 g/mol. The molecule has 0 atom stereocenters. The predicted octanol–water partition coefficient (Wildman–Crippen LogP) is 12.3. The minimum Gasteiger partial charge on any atom is -0.309 e. The van der Waals surface area contributed by atoms with Crippen LogP contribution in [0.1, 0.15) is 16.7 Å². The maximum absolute atomic E-state index is 10.2. The van der Waals surface area contributed by atoms with Crippen LogP contribution in [0, 0.1) is 34.0 Å². The van der Waals surface area contributed by atoms with Gasteiger partial charge in [0.15, 0.2) is 0 Å². The molecular weight excluding hydrogens is 697 g/mol. The average Bonchev–Trinajstić information content (AvgIpc) is 3.91. The fourth-order valence-electron chi connectivity index (χ4n) is 8.79. The minimum atomic E-state index is 0.556. The number of benzene rings is 8. The summed E-state index contributed by atoms with van der Waals surface area (Å²) < 4.78 is 6.75. The molecule has 0 aliphatic carbocycles. The van der Waals surface area contributed by atoms with E-state index < -0.39 is 0 Å². The molecule has 11 aromatic rings. The van der Waals surface area contributed by atoms with Gasteiger partial charge in [-0.1, -0.05) is 66.7 Å². The van der Waals surface area contributed by atoms with E-state index in [1.165, 1.54) is 10.8 Å². The Morgan fingerprint density at radius 3 is 1.26 bits per heavy atom. The van der Waals surface area contributed by atoms with Crippen molar-refractivity contribution in [2.45, 2.75) is 0 Å². The topological polar surface area (TPSA) is 86.2 Å². The molecular formula is C51H28N6. The van der Waals surface area contributed by atoms with Gasteiger partial charge in [0.05, 0.1) is 68.0 Å². The molecule has 11 rings (SSSR count). The van der Waals surface area contributed by atoms with Gasteiger partial charge in [0, 0.05) is 49.4 Å². The highest BCUT2D eigenvalue weighted by molar-refractivity contribution is 6.13. The number of nitrogens with zero attached hydrogens (tertiary/aromatic N) is 6. The smallest absolute Gasteiger partial charge is 0.0992 e. The van der Waals surface area contributed by atoms with Crippen molar-refractivity contribution in [3.05, 3.63) is 187 Å². The van der Waals surface area contributed by atoms with Gasteiger partial charge in [-0.25, -0.2) is 0 Å². The summed E-state index contributed by atoms with van der Waals surface area (Å²) in [4.78, 5) is 0. The van der Waals surface area contributed by atoms with Gasteiger partial charge in [-0.3, -0.25) is 0 Å². The van der Waals surface area contributed by atoms with Crippen molar-refractivity contribution in [3.8, 4) is 46.4 Å². The zero-order chi connectivity index (χ0) is 38.2. The maximum Gasteiger partial charge on any atom is 0.0992 e. The molecule has 0 bridgehead atoms. The largest absolute Gasteiger partial charge is 0.309 e. The first-order valence-electron chi connectivity index (χ1n) is 18.7. The third-order valence-electron chi connectivity index (χ3n) is 11.3. The van der Waals surface area contributed by atoms with Crippen LogP contribution in [0.4, 0.5) is 0 Å². The zero-order valence-electron chi connectivity index (χ0n) is 30.3. The molecule has 3 aromatic heterocycles. The van der Waals surface area contributed by atoms with Crippen molar-refractivity contribution in [2.24, 2.45) is 0 Å². The SMILES string of the molecule is N#Cc1cc(-c2ccc(-n3c4ccc(C#N)cc4c4cc(-n5c6ccccc6c6ccccc65)ccc43)cc2)cc(-n2c3ccccc3c3cc(C#N)ccc32)c1. The van der Waals surface area contributed by atoms with Gasteiger partial charge < -0.3 is 13.7 Å². The van der Waals surface area contributed by atoms with Crippen LogP contribution in [-0.4, -0.2) is 13.7 Å². The Balaban J connectivity index is 1.06.